The lowest BCUT2D eigenvalue weighted by atomic mass is 10.1. The van der Waals surface area contributed by atoms with Gasteiger partial charge in [-0.2, -0.15) is 0 Å². The molecule has 0 unspecified atom stereocenters. The maximum absolute atomic E-state index is 13.3. The van der Waals surface area contributed by atoms with Crippen molar-refractivity contribution in [2.24, 2.45) is 7.05 Å². The fourth-order valence-corrected chi connectivity index (χ4v) is 1.82. The van der Waals surface area contributed by atoms with Crippen LogP contribution in [0.25, 0.3) is 0 Å². The predicted octanol–water partition coefficient (Wildman–Crippen LogP) is 2.50. The Balaban J connectivity index is 1.75. The molecule has 0 bridgehead atoms. The van der Waals surface area contributed by atoms with Crippen LogP contribution < -0.4 is 5.32 Å². The second-order valence-electron chi connectivity index (χ2n) is 4.20. The van der Waals surface area contributed by atoms with Crippen LogP contribution in [0.2, 0.25) is 0 Å². The molecule has 2 nitrogen and oxygen atoms in total. The van der Waals surface area contributed by atoms with E-state index < -0.39 is 0 Å². The Kier molecular flexibility index (Phi) is 3.94. The minimum Gasteiger partial charge on any atom is -0.357 e. The smallest absolute Gasteiger partial charge is 0.126 e. The molecule has 0 fully saturated rings. The van der Waals surface area contributed by atoms with E-state index in [1.807, 2.05) is 29.9 Å². The van der Waals surface area contributed by atoms with Gasteiger partial charge in [0.1, 0.15) is 5.82 Å². The molecular formula is C14H17FN2. The Labute approximate surface area is 101 Å². The number of hydrogen-bond acceptors (Lipinski definition) is 1. The first-order valence-corrected chi connectivity index (χ1v) is 5.80. The second kappa shape index (κ2) is 5.64. The van der Waals surface area contributed by atoms with Crippen LogP contribution in [0.4, 0.5) is 4.39 Å². The molecule has 0 radical (unpaired) electrons. The van der Waals surface area contributed by atoms with Crippen LogP contribution in [0.3, 0.4) is 0 Å². The molecule has 0 amide bonds. The lowest BCUT2D eigenvalue weighted by molar-refractivity contribution is 0.598. The maximum Gasteiger partial charge on any atom is 0.126 e. The van der Waals surface area contributed by atoms with Crippen molar-refractivity contribution in [2.75, 3.05) is 6.54 Å². The van der Waals surface area contributed by atoms with E-state index in [0.29, 0.717) is 0 Å². The van der Waals surface area contributed by atoms with E-state index in [4.69, 9.17) is 0 Å². The van der Waals surface area contributed by atoms with Crippen LogP contribution in [0.15, 0.2) is 42.7 Å². The van der Waals surface area contributed by atoms with Gasteiger partial charge in [0.25, 0.3) is 0 Å². The first-order chi connectivity index (χ1) is 8.25. The molecule has 17 heavy (non-hydrogen) atoms. The molecular weight excluding hydrogens is 215 g/mol. The minimum absolute atomic E-state index is 0.117. The standard InChI is InChI=1S/C14H17FN2/c1-17-9-7-12(11-17)10-16-8-6-13-4-2-3-5-14(13)15/h2-5,7,9,11,16H,6,8,10H2,1H3. The highest BCUT2D eigenvalue weighted by atomic mass is 19.1. The summed E-state index contributed by atoms with van der Waals surface area (Å²) in [5.74, 6) is -0.117. The van der Waals surface area contributed by atoms with Crippen LogP contribution in [0.5, 0.6) is 0 Å². The molecule has 1 aromatic carbocycles. The Morgan fingerprint density at radius 1 is 1.24 bits per heavy atom. The molecule has 1 aromatic heterocycles. The van der Waals surface area contributed by atoms with Crippen molar-refractivity contribution in [3.8, 4) is 0 Å². The maximum atomic E-state index is 13.3. The van der Waals surface area contributed by atoms with Crippen LogP contribution in [0, 0.1) is 5.82 Å². The van der Waals surface area contributed by atoms with E-state index in [0.717, 1.165) is 25.1 Å². The van der Waals surface area contributed by atoms with Gasteiger partial charge in [0.15, 0.2) is 0 Å². The minimum atomic E-state index is -0.117. The van der Waals surface area contributed by atoms with Crippen molar-refractivity contribution < 1.29 is 4.39 Å². The quantitative estimate of drug-likeness (QED) is 0.784. The summed E-state index contributed by atoms with van der Waals surface area (Å²) in [5.41, 5.74) is 2.02. The number of halogens is 1. The Morgan fingerprint density at radius 3 is 2.76 bits per heavy atom. The zero-order valence-electron chi connectivity index (χ0n) is 9.99. The normalized spacial score (nSPS) is 10.7. The first-order valence-electron chi connectivity index (χ1n) is 5.80. The van der Waals surface area contributed by atoms with Gasteiger partial charge in [0.05, 0.1) is 0 Å². The fourth-order valence-electron chi connectivity index (χ4n) is 1.82. The molecule has 0 aliphatic heterocycles. The molecule has 2 rings (SSSR count). The highest BCUT2D eigenvalue weighted by molar-refractivity contribution is 5.17. The Morgan fingerprint density at radius 2 is 2.06 bits per heavy atom. The van der Waals surface area contributed by atoms with E-state index in [2.05, 4.69) is 17.6 Å². The number of rotatable bonds is 5. The van der Waals surface area contributed by atoms with Gasteiger partial charge in [-0.3, -0.25) is 0 Å². The fraction of sp³-hybridized carbons (Fsp3) is 0.286. The molecule has 0 aliphatic carbocycles. The van der Waals surface area contributed by atoms with Crippen molar-refractivity contribution in [3.05, 3.63) is 59.7 Å². The number of hydrogen-bond donors (Lipinski definition) is 1. The van der Waals surface area contributed by atoms with Gasteiger partial charge in [0, 0.05) is 26.0 Å². The molecule has 90 valence electrons. The number of aromatic nitrogens is 1. The number of aryl methyl sites for hydroxylation is 1. The van der Waals surface area contributed by atoms with Gasteiger partial charge in [-0.15, -0.1) is 0 Å². The van der Waals surface area contributed by atoms with Crippen LogP contribution >= 0.6 is 0 Å². The van der Waals surface area contributed by atoms with E-state index in [9.17, 15) is 4.39 Å². The SMILES string of the molecule is Cn1ccc(CNCCc2ccccc2F)c1. The van der Waals surface area contributed by atoms with Crippen molar-refractivity contribution in [3.63, 3.8) is 0 Å². The van der Waals surface area contributed by atoms with Crippen molar-refractivity contribution in [2.45, 2.75) is 13.0 Å². The molecule has 0 atom stereocenters. The molecule has 0 spiro atoms. The lowest BCUT2D eigenvalue weighted by Crippen LogP contribution is -2.16. The highest BCUT2D eigenvalue weighted by Crippen LogP contribution is 2.06. The molecule has 1 heterocycles. The van der Waals surface area contributed by atoms with E-state index in [1.54, 1.807) is 6.07 Å². The highest BCUT2D eigenvalue weighted by Gasteiger charge is 2.00. The van der Waals surface area contributed by atoms with Crippen molar-refractivity contribution in [1.82, 2.24) is 9.88 Å². The van der Waals surface area contributed by atoms with Gasteiger partial charge < -0.3 is 9.88 Å². The van der Waals surface area contributed by atoms with Crippen LogP contribution in [0.1, 0.15) is 11.1 Å². The third-order valence-electron chi connectivity index (χ3n) is 2.75. The van der Waals surface area contributed by atoms with Gasteiger partial charge in [-0.05, 0) is 36.2 Å². The molecule has 1 N–H and O–H groups in total. The summed E-state index contributed by atoms with van der Waals surface area (Å²) in [5, 5.41) is 3.31. The van der Waals surface area contributed by atoms with Crippen molar-refractivity contribution in [1.29, 1.82) is 0 Å². The zero-order chi connectivity index (χ0) is 12.1. The third-order valence-corrected chi connectivity index (χ3v) is 2.75. The molecule has 3 heteroatoms. The number of benzene rings is 1. The first kappa shape index (κ1) is 11.9. The number of nitrogens with one attached hydrogen (secondary N) is 1. The van der Waals surface area contributed by atoms with E-state index in [-0.39, 0.29) is 5.82 Å². The molecule has 0 saturated carbocycles. The van der Waals surface area contributed by atoms with Gasteiger partial charge in [-0.25, -0.2) is 4.39 Å². The predicted molar refractivity (Wildman–Crippen MR) is 67.2 cm³/mol. The zero-order valence-corrected chi connectivity index (χ0v) is 9.99. The Hall–Kier alpha value is -1.61. The lowest BCUT2D eigenvalue weighted by Gasteiger charge is -2.04. The average molecular weight is 232 g/mol. The van der Waals surface area contributed by atoms with E-state index in [1.165, 1.54) is 11.6 Å². The summed E-state index contributed by atoms with van der Waals surface area (Å²) in [7, 11) is 2.00. The van der Waals surface area contributed by atoms with Crippen LogP contribution in [-0.4, -0.2) is 11.1 Å². The van der Waals surface area contributed by atoms with Gasteiger partial charge in [-0.1, -0.05) is 18.2 Å². The third kappa shape index (κ3) is 3.43. The Bertz CT molecular complexity index is 477. The summed E-state index contributed by atoms with van der Waals surface area (Å²) < 4.78 is 15.3. The monoisotopic (exact) mass is 232 g/mol. The van der Waals surface area contributed by atoms with Crippen molar-refractivity contribution >= 4 is 0 Å². The average Bonchev–Trinajstić information content (AvgIpc) is 2.73. The van der Waals surface area contributed by atoms with Gasteiger partial charge in [0.2, 0.25) is 0 Å². The second-order valence-corrected chi connectivity index (χ2v) is 4.20. The topological polar surface area (TPSA) is 17.0 Å². The number of nitrogens with zero attached hydrogens (tertiary/aromatic N) is 1. The van der Waals surface area contributed by atoms with Gasteiger partial charge >= 0.3 is 0 Å². The summed E-state index contributed by atoms with van der Waals surface area (Å²) in [6, 6.07) is 9.01. The largest absolute Gasteiger partial charge is 0.357 e. The van der Waals surface area contributed by atoms with E-state index >= 15 is 0 Å². The molecule has 0 aliphatic rings. The molecule has 0 saturated heterocycles. The summed E-state index contributed by atoms with van der Waals surface area (Å²) in [6.45, 7) is 1.62. The molecule has 2 aromatic rings. The summed E-state index contributed by atoms with van der Waals surface area (Å²) in [4.78, 5) is 0. The summed E-state index contributed by atoms with van der Waals surface area (Å²) in [6.07, 6.45) is 4.82. The van der Waals surface area contributed by atoms with Crippen LogP contribution in [-0.2, 0) is 20.0 Å². The summed E-state index contributed by atoms with van der Waals surface area (Å²) >= 11 is 0.